The van der Waals surface area contributed by atoms with Gasteiger partial charge in [-0.25, -0.2) is 9.97 Å². The largest absolute Gasteiger partial charge is 0.433 e. The van der Waals surface area contributed by atoms with E-state index in [1.54, 1.807) is 18.5 Å². The van der Waals surface area contributed by atoms with E-state index in [-0.39, 0.29) is 23.5 Å². The molecule has 0 unspecified atom stereocenters. The Balaban J connectivity index is 1.50. The molecule has 0 saturated carbocycles. The maximum Gasteiger partial charge on any atom is 0.433 e. The van der Waals surface area contributed by atoms with E-state index in [1.807, 2.05) is 30.2 Å². The second kappa shape index (κ2) is 10.9. The molecule has 0 saturated heterocycles. The van der Waals surface area contributed by atoms with E-state index in [1.165, 1.54) is 0 Å². The van der Waals surface area contributed by atoms with Crippen molar-refractivity contribution in [3.63, 3.8) is 0 Å². The van der Waals surface area contributed by atoms with Crippen LogP contribution in [-0.4, -0.2) is 54.5 Å². The minimum Gasteiger partial charge on any atom is -0.345 e. The van der Waals surface area contributed by atoms with Gasteiger partial charge in [0.15, 0.2) is 23.1 Å². The number of nitrogens with zero attached hydrogens (tertiary/aromatic N) is 8. The smallest absolute Gasteiger partial charge is 0.345 e. The summed E-state index contributed by atoms with van der Waals surface area (Å²) in [4.78, 5) is 33.8. The van der Waals surface area contributed by atoms with Crippen LogP contribution in [0.25, 0.3) is 17.5 Å². The number of alkyl halides is 3. The standard InChI is InChI=1S/C24H20F3N9O/c1-36(11-4-2-3-6-20-29-9-5-10-30-20)23-32-16(21-17(13-28)34-35-22(21)33-23)12-18(37)15-7-8-19(31-14-15)24(25,26)27/h3,5-10,14H,2,4,11-12H2,1H3,(H,32,33,34,35). The van der Waals surface area contributed by atoms with Crippen LogP contribution in [0.5, 0.6) is 0 Å². The zero-order chi connectivity index (χ0) is 26.4. The number of rotatable bonds is 9. The Morgan fingerprint density at radius 1 is 1.19 bits per heavy atom. The van der Waals surface area contributed by atoms with Crippen LogP contribution in [0.15, 0.2) is 42.9 Å². The molecule has 1 N–H and O–H groups in total. The summed E-state index contributed by atoms with van der Waals surface area (Å²) in [5, 5.41) is 17.2. The fourth-order valence-corrected chi connectivity index (χ4v) is 3.50. The van der Waals surface area contributed by atoms with Gasteiger partial charge in [0.05, 0.1) is 12.0 Å². The van der Waals surface area contributed by atoms with Crippen LogP contribution >= 0.6 is 0 Å². The Morgan fingerprint density at radius 2 is 1.97 bits per heavy atom. The molecule has 13 heteroatoms. The number of nitriles is 1. The summed E-state index contributed by atoms with van der Waals surface area (Å²) in [6.45, 7) is 0.602. The van der Waals surface area contributed by atoms with Crippen molar-refractivity contribution in [2.75, 3.05) is 18.5 Å². The highest BCUT2D eigenvalue weighted by Crippen LogP contribution is 2.29. The van der Waals surface area contributed by atoms with E-state index in [0.717, 1.165) is 31.2 Å². The summed E-state index contributed by atoms with van der Waals surface area (Å²) in [6, 6.07) is 5.49. The molecule has 2 aromatic rings. The number of halogens is 3. The quantitative estimate of drug-likeness (QED) is 0.265. The summed E-state index contributed by atoms with van der Waals surface area (Å²) >= 11 is 0. The van der Waals surface area contributed by atoms with Crippen molar-refractivity contribution in [1.29, 1.82) is 5.26 Å². The molecule has 0 radical (unpaired) electrons. The van der Waals surface area contributed by atoms with Crippen LogP contribution in [0.2, 0.25) is 0 Å². The number of fused-ring (bicyclic) bond motifs is 1. The van der Waals surface area contributed by atoms with Crippen LogP contribution in [0.4, 0.5) is 19.1 Å². The Kier molecular flexibility index (Phi) is 7.47. The molecule has 0 amide bonds. The summed E-state index contributed by atoms with van der Waals surface area (Å²) in [6.07, 6.45) is 4.70. The van der Waals surface area contributed by atoms with Gasteiger partial charge in [0.25, 0.3) is 0 Å². The van der Waals surface area contributed by atoms with E-state index in [9.17, 15) is 23.2 Å². The van der Waals surface area contributed by atoms with Gasteiger partial charge in [-0.15, -0.1) is 10.2 Å². The molecule has 0 atom stereocenters. The first-order valence-corrected chi connectivity index (χ1v) is 11.1. The number of hydrogen-bond donors (Lipinski definition) is 1. The minimum absolute atomic E-state index is 0.00133. The number of Topliss-reactive ketones (excluding diaryl/α,β-unsaturated/α-hetero) is 1. The molecule has 0 bridgehead atoms. The number of nitrogens with one attached hydrogen (secondary N) is 1. The second-order valence-corrected chi connectivity index (χ2v) is 8.00. The average Bonchev–Trinajstić information content (AvgIpc) is 3.32. The number of aromatic amines is 1. The van der Waals surface area contributed by atoms with Gasteiger partial charge in [-0.3, -0.25) is 9.78 Å². The lowest BCUT2D eigenvalue weighted by Gasteiger charge is -2.20. The molecular formula is C24H20F3N9O. The van der Waals surface area contributed by atoms with E-state index in [2.05, 4.69) is 35.1 Å². The van der Waals surface area contributed by atoms with Crippen molar-refractivity contribution in [3.05, 3.63) is 71.3 Å². The van der Waals surface area contributed by atoms with Gasteiger partial charge in [0.1, 0.15) is 11.8 Å². The van der Waals surface area contributed by atoms with Crippen molar-refractivity contribution in [2.45, 2.75) is 25.4 Å². The van der Waals surface area contributed by atoms with Crippen molar-refractivity contribution in [3.8, 4) is 17.5 Å². The third-order valence-electron chi connectivity index (χ3n) is 5.38. The third kappa shape index (κ3) is 6.10. The molecule has 188 valence electrons. The highest BCUT2D eigenvalue weighted by molar-refractivity contribution is 5.98. The molecule has 0 aromatic carbocycles. The number of ketones is 1. The number of carbonyl (C=O) groups is 1. The van der Waals surface area contributed by atoms with Gasteiger partial charge >= 0.3 is 6.18 Å². The number of hydrogen-bond acceptors (Lipinski definition) is 9. The van der Waals surface area contributed by atoms with E-state index >= 15 is 0 Å². The molecule has 0 aliphatic carbocycles. The first-order chi connectivity index (χ1) is 17.8. The first-order valence-electron chi connectivity index (χ1n) is 11.1. The van der Waals surface area contributed by atoms with Gasteiger partial charge in [-0.2, -0.15) is 23.4 Å². The van der Waals surface area contributed by atoms with Crippen molar-refractivity contribution in [2.24, 2.45) is 0 Å². The summed E-state index contributed by atoms with van der Waals surface area (Å²) < 4.78 is 38.4. The average molecular weight is 507 g/mol. The predicted octanol–water partition coefficient (Wildman–Crippen LogP) is 3.74. The zero-order valence-corrected chi connectivity index (χ0v) is 19.6. The number of carbonyl (C=O) groups excluding carboxylic acids is 1. The van der Waals surface area contributed by atoms with Crippen LogP contribution < -0.4 is 4.90 Å². The monoisotopic (exact) mass is 507 g/mol. The van der Waals surface area contributed by atoms with Gasteiger partial charge in [-0.1, -0.05) is 6.08 Å². The van der Waals surface area contributed by atoms with Crippen molar-refractivity contribution < 1.29 is 18.0 Å². The van der Waals surface area contributed by atoms with Crippen LogP contribution in [-0.2, 0) is 12.6 Å². The van der Waals surface area contributed by atoms with Crippen molar-refractivity contribution >= 4 is 17.8 Å². The minimum atomic E-state index is -4.61. The number of pyridine rings is 1. The van der Waals surface area contributed by atoms with E-state index in [0.29, 0.717) is 29.6 Å². The summed E-state index contributed by atoms with van der Waals surface area (Å²) in [7, 11) is 1.81. The van der Waals surface area contributed by atoms with Crippen LogP contribution in [0, 0.1) is 11.3 Å². The summed E-state index contributed by atoms with van der Waals surface area (Å²) in [5.74, 6) is 0.723. The lowest BCUT2D eigenvalue weighted by molar-refractivity contribution is -0.141. The Bertz CT molecular complexity index is 1410. The second-order valence-electron chi connectivity index (χ2n) is 8.00. The van der Waals surface area contributed by atoms with Crippen LogP contribution in [0.1, 0.15) is 46.1 Å². The maximum atomic E-state index is 12.9. The van der Waals surface area contributed by atoms with E-state index in [4.69, 9.17) is 0 Å². The fraction of sp³-hybridized carbons (Fsp3) is 0.250. The Labute approximate surface area is 209 Å². The molecule has 2 aliphatic heterocycles. The number of H-pyrrole nitrogens is 1. The topological polar surface area (TPSA) is 137 Å². The molecule has 4 heterocycles. The molecular weight excluding hydrogens is 487 g/mol. The molecule has 0 fully saturated rings. The Hall–Kier alpha value is -4.73. The highest BCUT2D eigenvalue weighted by atomic mass is 19.4. The molecule has 10 nitrogen and oxygen atoms in total. The third-order valence-corrected chi connectivity index (χ3v) is 5.38. The lowest BCUT2D eigenvalue weighted by atomic mass is 10.0. The number of unbranched alkanes of at least 4 members (excludes halogenated alkanes) is 1. The molecule has 37 heavy (non-hydrogen) atoms. The van der Waals surface area contributed by atoms with E-state index < -0.39 is 17.7 Å². The van der Waals surface area contributed by atoms with Crippen molar-refractivity contribution in [1.82, 2.24) is 35.1 Å². The predicted molar refractivity (Wildman–Crippen MR) is 126 cm³/mol. The molecule has 0 spiro atoms. The zero-order valence-electron chi connectivity index (χ0n) is 19.6. The van der Waals surface area contributed by atoms with Gasteiger partial charge in [0, 0.05) is 43.4 Å². The normalized spacial score (nSPS) is 11.6. The number of allylic oxidation sites excluding steroid dienone is 1. The lowest BCUT2D eigenvalue weighted by Crippen LogP contribution is -2.22. The van der Waals surface area contributed by atoms with Gasteiger partial charge in [0.2, 0.25) is 5.95 Å². The highest BCUT2D eigenvalue weighted by Gasteiger charge is 2.32. The molecule has 2 aliphatic rings. The van der Waals surface area contributed by atoms with Gasteiger partial charge < -0.3 is 9.88 Å². The van der Waals surface area contributed by atoms with Gasteiger partial charge in [-0.05, 0) is 37.1 Å². The first kappa shape index (κ1) is 25.4. The maximum absolute atomic E-state index is 12.9. The number of anilines is 1. The summed E-state index contributed by atoms with van der Waals surface area (Å²) in [5.41, 5.74) is -0.470. The SMILES string of the molecule is CN(CCCC=Cc1ncccn1)c1nc2nnc(C#N)c-2c(CC(=O)c2ccc(C(F)(F)F)nc2)[nH]1. The van der Waals surface area contributed by atoms with Crippen LogP contribution in [0.3, 0.4) is 0 Å². The molecule has 4 rings (SSSR count). The Morgan fingerprint density at radius 3 is 2.65 bits per heavy atom. The number of aromatic nitrogens is 7. The fourth-order valence-electron chi connectivity index (χ4n) is 3.50. The molecule has 2 aromatic heterocycles.